The zero-order valence-corrected chi connectivity index (χ0v) is 9.84. The number of nitrogens with zero attached hydrogens (tertiary/aromatic N) is 2. The Kier molecular flexibility index (Phi) is 2.48. The topological polar surface area (TPSA) is 43.8 Å². The summed E-state index contributed by atoms with van der Waals surface area (Å²) in [4.78, 5) is 0. The van der Waals surface area contributed by atoms with Gasteiger partial charge in [-0.1, -0.05) is 25.0 Å². The van der Waals surface area contributed by atoms with Gasteiger partial charge in [-0.05, 0) is 36.6 Å². The van der Waals surface area contributed by atoms with Crippen molar-refractivity contribution in [3.05, 3.63) is 48.3 Å². The first-order valence-electron chi connectivity index (χ1n) is 6.17. The molecule has 0 spiro atoms. The second-order valence-corrected chi connectivity index (χ2v) is 4.86. The lowest BCUT2D eigenvalue weighted by Gasteiger charge is -2.24. The van der Waals surface area contributed by atoms with E-state index in [4.69, 9.17) is 5.73 Å². The van der Waals surface area contributed by atoms with E-state index in [0.29, 0.717) is 0 Å². The molecular weight excluding hydrogens is 210 g/mol. The molecule has 1 heterocycles. The van der Waals surface area contributed by atoms with Gasteiger partial charge >= 0.3 is 0 Å². The molecule has 3 rings (SSSR count). The van der Waals surface area contributed by atoms with Crippen LogP contribution in [0.1, 0.15) is 31.2 Å². The van der Waals surface area contributed by atoms with E-state index in [1.54, 1.807) is 6.20 Å². The Balaban J connectivity index is 1.90. The van der Waals surface area contributed by atoms with E-state index >= 15 is 0 Å². The predicted octanol–water partition coefficient (Wildman–Crippen LogP) is 2.60. The number of hydrogen-bond acceptors (Lipinski definition) is 2. The Hall–Kier alpha value is -1.61. The van der Waals surface area contributed by atoms with E-state index in [1.807, 2.05) is 16.9 Å². The fraction of sp³-hybridized carbons (Fsp3) is 0.357. The first-order valence-corrected chi connectivity index (χ1v) is 6.17. The summed E-state index contributed by atoms with van der Waals surface area (Å²) in [5, 5.41) is 4.22. The van der Waals surface area contributed by atoms with Crippen LogP contribution < -0.4 is 5.73 Å². The van der Waals surface area contributed by atoms with Gasteiger partial charge in [-0.2, -0.15) is 5.10 Å². The first kappa shape index (κ1) is 10.5. The van der Waals surface area contributed by atoms with Gasteiger partial charge in [0.25, 0.3) is 0 Å². The van der Waals surface area contributed by atoms with Crippen LogP contribution in [-0.2, 0) is 5.54 Å². The summed E-state index contributed by atoms with van der Waals surface area (Å²) in [6.07, 6.45) is 8.44. The zero-order chi connectivity index (χ0) is 11.7. The zero-order valence-electron chi connectivity index (χ0n) is 9.84. The predicted molar refractivity (Wildman–Crippen MR) is 67.9 cm³/mol. The third-order valence-corrected chi connectivity index (χ3v) is 3.71. The van der Waals surface area contributed by atoms with Gasteiger partial charge in [0.1, 0.15) is 0 Å². The van der Waals surface area contributed by atoms with E-state index in [9.17, 15) is 0 Å². The van der Waals surface area contributed by atoms with E-state index in [-0.39, 0.29) is 5.54 Å². The van der Waals surface area contributed by atoms with Gasteiger partial charge in [-0.3, -0.25) is 0 Å². The molecule has 0 amide bonds. The van der Waals surface area contributed by atoms with Crippen molar-refractivity contribution in [3.8, 4) is 5.69 Å². The molecular formula is C14H17N3. The minimum absolute atomic E-state index is 0.0946. The SMILES string of the molecule is NC1(c2ccc(-n3cccn3)cc2)CCCC1. The molecule has 0 atom stereocenters. The molecule has 2 N–H and O–H groups in total. The van der Waals surface area contributed by atoms with Gasteiger partial charge in [0.15, 0.2) is 0 Å². The molecule has 2 aromatic rings. The minimum atomic E-state index is -0.0946. The first-order chi connectivity index (χ1) is 8.28. The van der Waals surface area contributed by atoms with Crippen molar-refractivity contribution in [1.82, 2.24) is 9.78 Å². The second kappa shape index (κ2) is 4.00. The highest BCUT2D eigenvalue weighted by Gasteiger charge is 2.30. The smallest absolute Gasteiger partial charge is 0.0645 e. The minimum Gasteiger partial charge on any atom is -0.321 e. The summed E-state index contributed by atoms with van der Waals surface area (Å²) in [6, 6.07) is 10.4. The van der Waals surface area contributed by atoms with E-state index in [2.05, 4.69) is 29.4 Å². The van der Waals surface area contributed by atoms with Crippen molar-refractivity contribution in [2.75, 3.05) is 0 Å². The van der Waals surface area contributed by atoms with Crippen LogP contribution in [-0.4, -0.2) is 9.78 Å². The van der Waals surface area contributed by atoms with Gasteiger partial charge in [-0.25, -0.2) is 4.68 Å². The molecule has 1 aliphatic carbocycles. The van der Waals surface area contributed by atoms with Crippen LogP contribution in [0.25, 0.3) is 5.69 Å². The third-order valence-electron chi connectivity index (χ3n) is 3.71. The van der Waals surface area contributed by atoms with E-state index < -0.39 is 0 Å². The van der Waals surface area contributed by atoms with Crippen LogP contribution in [0.2, 0.25) is 0 Å². The largest absolute Gasteiger partial charge is 0.321 e. The Labute approximate surface area is 101 Å². The van der Waals surface area contributed by atoms with Crippen molar-refractivity contribution in [3.63, 3.8) is 0 Å². The molecule has 1 aliphatic rings. The van der Waals surface area contributed by atoms with E-state index in [0.717, 1.165) is 18.5 Å². The number of rotatable bonds is 2. The van der Waals surface area contributed by atoms with Gasteiger partial charge in [0.2, 0.25) is 0 Å². The van der Waals surface area contributed by atoms with E-state index in [1.165, 1.54) is 18.4 Å². The van der Waals surface area contributed by atoms with Crippen LogP contribution >= 0.6 is 0 Å². The maximum absolute atomic E-state index is 6.43. The average Bonchev–Trinajstić information content (AvgIpc) is 3.01. The molecule has 0 bridgehead atoms. The van der Waals surface area contributed by atoms with Gasteiger partial charge in [0.05, 0.1) is 5.69 Å². The molecule has 1 saturated carbocycles. The van der Waals surface area contributed by atoms with Crippen molar-refractivity contribution in [2.45, 2.75) is 31.2 Å². The molecule has 3 heteroatoms. The van der Waals surface area contributed by atoms with Crippen LogP contribution in [0.3, 0.4) is 0 Å². The maximum Gasteiger partial charge on any atom is 0.0645 e. The van der Waals surface area contributed by atoms with Crippen LogP contribution in [0, 0.1) is 0 Å². The second-order valence-electron chi connectivity index (χ2n) is 4.86. The van der Waals surface area contributed by atoms with Gasteiger partial charge in [-0.15, -0.1) is 0 Å². The Morgan fingerprint density at radius 1 is 1.12 bits per heavy atom. The fourth-order valence-corrected chi connectivity index (χ4v) is 2.66. The molecule has 0 saturated heterocycles. The van der Waals surface area contributed by atoms with Crippen molar-refractivity contribution < 1.29 is 0 Å². The van der Waals surface area contributed by atoms with Crippen LogP contribution in [0.15, 0.2) is 42.7 Å². The summed E-state index contributed by atoms with van der Waals surface area (Å²) in [7, 11) is 0. The molecule has 88 valence electrons. The van der Waals surface area contributed by atoms with Crippen molar-refractivity contribution in [2.24, 2.45) is 5.73 Å². The number of benzene rings is 1. The molecule has 1 aromatic heterocycles. The Morgan fingerprint density at radius 2 is 1.82 bits per heavy atom. The fourth-order valence-electron chi connectivity index (χ4n) is 2.66. The molecule has 0 aliphatic heterocycles. The highest BCUT2D eigenvalue weighted by Crippen LogP contribution is 2.36. The lowest BCUT2D eigenvalue weighted by Crippen LogP contribution is -2.32. The molecule has 17 heavy (non-hydrogen) atoms. The molecule has 3 nitrogen and oxygen atoms in total. The van der Waals surface area contributed by atoms with Crippen molar-refractivity contribution in [1.29, 1.82) is 0 Å². The standard InChI is InChI=1S/C14H17N3/c15-14(8-1-2-9-14)12-4-6-13(7-5-12)17-11-3-10-16-17/h3-7,10-11H,1-2,8-9,15H2. The normalized spacial score (nSPS) is 18.4. The molecule has 0 radical (unpaired) electrons. The highest BCUT2D eigenvalue weighted by atomic mass is 15.3. The Bertz CT molecular complexity index is 479. The lowest BCUT2D eigenvalue weighted by molar-refractivity contribution is 0.461. The monoisotopic (exact) mass is 227 g/mol. The van der Waals surface area contributed by atoms with Crippen LogP contribution in [0.4, 0.5) is 0 Å². The van der Waals surface area contributed by atoms with Crippen molar-refractivity contribution >= 4 is 0 Å². The van der Waals surface area contributed by atoms with Gasteiger partial charge in [0, 0.05) is 17.9 Å². The molecule has 1 aromatic carbocycles. The number of aromatic nitrogens is 2. The highest BCUT2D eigenvalue weighted by molar-refractivity contribution is 5.36. The third kappa shape index (κ3) is 1.87. The number of nitrogens with two attached hydrogens (primary N) is 1. The number of hydrogen-bond donors (Lipinski definition) is 1. The maximum atomic E-state index is 6.43. The summed E-state index contributed by atoms with van der Waals surface area (Å²) in [6.45, 7) is 0. The summed E-state index contributed by atoms with van der Waals surface area (Å²) in [5.74, 6) is 0. The summed E-state index contributed by atoms with van der Waals surface area (Å²) in [5.41, 5.74) is 8.67. The Morgan fingerprint density at radius 3 is 2.41 bits per heavy atom. The average molecular weight is 227 g/mol. The van der Waals surface area contributed by atoms with Gasteiger partial charge < -0.3 is 5.73 Å². The molecule has 0 unspecified atom stereocenters. The summed E-state index contributed by atoms with van der Waals surface area (Å²) >= 11 is 0. The lowest BCUT2D eigenvalue weighted by atomic mass is 9.89. The summed E-state index contributed by atoms with van der Waals surface area (Å²) < 4.78 is 1.86. The van der Waals surface area contributed by atoms with Crippen LogP contribution in [0.5, 0.6) is 0 Å². The molecule has 1 fully saturated rings. The quantitative estimate of drug-likeness (QED) is 0.857.